The van der Waals surface area contributed by atoms with E-state index in [4.69, 9.17) is 9.26 Å². The Labute approximate surface area is 160 Å². The standard InChI is InChI=1S/C17H10N8O4/c26-25(27)17-12(20-13-6-1-2-7-18-13)8-11(15-16(17)24-29-23-15)19-9-4-3-5-10-14(9)22-28-21-10/h1-8,19H,(H,18,20). The average molecular weight is 390 g/mol. The van der Waals surface area contributed by atoms with Gasteiger partial charge in [0, 0.05) is 6.20 Å². The maximum Gasteiger partial charge on any atom is 0.324 e. The van der Waals surface area contributed by atoms with Crippen molar-refractivity contribution in [1.29, 1.82) is 0 Å². The van der Waals surface area contributed by atoms with E-state index in [9.17, 15) is 10.1 Å². The van der Waals surface area contributed by atoms with Gasteiger partial charge in [-0.05, 0) is 51.0 Å². The van der Waals surface area contributed by atoms with E-state index in [0.29, 0.717) is 28.2 Å². The Morgan fingerprint density at radius 2 is 1.66 bits per heavy atom. The van der Waals surface area contributed by atoms with Crippen molar-refractivity contribution >= 4 is 50.6 Å². The molecule has 142 valence electrons. The van der Waals surface area contributed by atoms with Crippen molar-refractivity contribution in [3.63, 3.8) is 0 Å². The number of nitro benzene ring substituents is 1. The van der Waals surface area contributed by atoms with Gasteiger partial charge in [0.25, 0.3) is 0 Å². The number of anilines is 4. The topological polar surface area (TPSA) is 158 Å². The Balaban J connectivity index is 1.67. The molecule has 0 aliphatic heterocycles. The first kappa shape index (κ1) is 16.6. The summed E-state index contributed by atoms with van der Waals surface area (Å²) in [5.41, 5.74) is 2.11. The van der Waals surface area contributed by atoms with Crippen LogP contribution >= 0.6 is 0 Å². The molecule has 2 N–H and O–H groups in total. The summed E-state index contributed by atoms with van der Waals surface area (Å²) in [6.07, 6.45) is 1.57. The molecule has 0 unspecified atom stereocenters. The number of nitro groups is 1. The SMILES string of the molecule is O=[N+]([O-])c1c(Nc2ccccn2)cc(Nc2cccc3nonc23)c2nonc12. The van der Waals surface area contributed by atoms with Crippen molar-refractivity contribution in [1.82, 2.24) is 25.6 Å². The molecule has 0 bridgehead atoms. The van der Waals surface area contributed by atoms with E-state index in [1.165, 1.54) is 6.07 Å². The lowest BCUT2D eigenvalue weighted by atomic mass is 10.1. The first-order valence-electron chi connectivity index (χ1n) is 8.31. The van der Waals surface area contributed by atoms with Crippen LogP contribution in [-0.4, -0.2) is 30.5 Å². The van der Waals surface area contributed by atoms with Crippen molar-refractivity contribution in [2.75, 3.05) is 10.6 Å². The Kier molecular flexibility index (Phi) is 3.73. The van der Waals surface area contributed by atoms with Crippen LogP contribution in [0.5, 0.6) is 0 Å². The fourth-order valence-corrected chi connectivity index (χ4v) is 2.93. The van der Waals surface area contributed by atoms with Crippen molar-refractivity contribution < 1.29 is 14.2 Å². The highest BCUT2D eigenvalue weighted by atomic mass is 16.6. The second-order valence-corrected chi connectivity index (χ2v) is 5.94. The normalized spacial score (nSPS) is 11.0. The van der Waals surface area contributed by atoms with Gasteiger partial charge in [-0.1, -0.05) is 12.1 Å². The van der Waals surface area contributed by atoms with E-state index < -0.39 is 4.92 Å². The monoisotopic (exact) mass is 390 g/mol. The zero-order valence-electron chi connectivity index (χ0n) is 14.4. The molecular weight excluding hydrogens is 380 g/mol. The van der Waals surface area contributed by atoms with Crippen LogP contribution in [0.1, 0.15) is 0 Å². The molecule has 2 aromatic carbocycles. The number of pyridine rings is 1. The minimum atomic E-state index is -0.552. The first-order chi connectivity index (χ1) is 14.2. The summed E-state index contributed by atoms with van der Waals surface area (Å²) >= 11 is 0. The molecule has 3 aromatic heterocycles. The molecule has 29 heavy (non-hydrogen) atoms. The van der Waals surface area contributed by atoms with Crippen molar-refractivity contribution in [3.8, 4) is 0 Å². The Morgan fingerprint density at radius 3 is 2.48 bits per heavy atom. The van der Waals surface area contributed by atoms with Gasteiger partial charge < -0.3 is 10.6 Å². The summed E-state index contributed by atoms with van der Waals surface area (Å²) in [5, 5.41) is 33.0. The zero-order chi connectivity index (χ0) is 19.8. The molecular formula is C17H10N8O4. The molecule has 0 saturated carbocycles. The van der Waals surface area contributed by atoms with E-state index in [1.54, 1.807) is 42.6 Å². The van der Waals surface area contributed by atoms with Crippen molar-refractivity contribution in [2.24, 2.45) is 0 Å². The van der Waals surface area contributed by atoms with Crippen molar-refractivity contribution in [2.45, 2.75) is 0 Å². The van der Waals surface area contributed by atoms with Crippen LogP contribution in [0.15, 0.2) is 57.9 Å². The maximum atomic E-state index is 11.7. The maximum absolute atomic E-state index is 11.7. The number of hydrogen-bond donors (Lipinski definition) is 2. The second-order valence-electron chi connectivity index (χ2n) is 5.94. The van der Waals surface area contributed by atoms with Crippen LogP contribution in [0, 0.1) is 10.1 Å². The van der Waals surface area contributed by atoms with E-state index in [0.717, 1.165) is 0 Å². The van der Waals surface area contributed by atoms with Crippen LogP contribution in [0.4, 0.5) is 28.6 Å². The molecule has 0 atom stereocenters. The van der Waals surface area contributed by atoms with Gasteiger partial charge in [-0.15, -0.1) is 0 Å². The quantitative estimate of drug-likeness (QED) is 0.334. The number of benzene rings is 2. The third kappa shape index (κ3) is 2.84. The van der Waals surface area contributed by atoms with Gasteiger partial charge in [0.05, 0.1) is 16.3 Å². The fourth-order valence-electron chi connectivity index (χ4n) is 2.93. The molecule has 0 radical (unpaired) electrons. The van der Waals surface area contributed by atoms with Crippen LogP contribution < -0.4 is 10.6 Å². The summed E-state index contributed by atoms with van der Waals surface area (Å²) in [6, 6.07) is 12.0. The third-order valence-corrected chi connectivity index (χ3v) is 4.18. The summed E-state index contributed by atoms with van der Waals surface area (Å²) in [6.45, 7) is 0. The second kappa shape index (κ2) is 6.53. The van der Waals surface area contributed by atoms with Gasteiger partial charge in [-0.25, -0.2) is 14.2 Å². The lowest BCUT2D eigenvalue weighted by molar-refractivity contribution is -0.382. The number of fused-ring (bicyclic) bond motifs is 2. The summed E-state index contributed by atoms with van der Waals surface area (Å²) in [7, 11) is 0. The van der Waals surface area contributed by atoms with Crippen LogP contribution in [0.3, 0.4) is 0 Å². The van der Waals surface area contributed by atoms with Gasteiger partial charge >= 0.3 is 5.69 Å². The molecule has 0 amide bonds. The lowest BCUT2D eigenvalue weighted by Gasteiger charge is -2.11. The number of nitrogens with one attached hydrogen (secondary N) is 2. The van der Waals surface area contributed by atoms with Crippen molar-refractivity contribution in [3.05, 3.63) is 58.8 Å². The average Bonchev–Trinajstić information content (AvgIpc) is 3.38. The number of aromatic nitrogens is 5. The molecule has 0 saturated heterocycles. The third-order valence-electron chi connectivity index (χ3n) is 4.18. The molecule has 5 rings (SSSR count). The van der Waals surface area contributed by atoms with E-state index >= 15 is 0 Å². The molecule has 0 aliphatic carbocycles. The highest BCUT2D eigenvalue weighted by Crippen LogP contribution is 2.39. The van der Waals surface area contributed by atoms with E-state index in [2.05, 4.69) is 36.2 Å². The van der Waals surface area contributed by atoms with Gasteiger partial charge in [-0.3, -0.25) is 10.1 Å². The Hall–Kier alpha value is -4.61. The summed E-state index contributed by atoms with van der Waals surface area (Å²) in [4.78, 5) is 15.3. The van der Waals surface area contributed by atoms with E-state index in [1.807, 2.05) is 0 Å². The predicted molar refractivity (Wildman–Crippen MR) is 101 cm³/mol. The lowest BCUT2D eigenvalue weighted by Crippen LogP contribution is -2.02. The van der Waals surface area contributed by atoms with Crippen LogP contribution in [0.2, 0.25) is 0 Å². The van der Waals surface area contributed by atoms with Gasteiger partial charge in [0.1, 0.15) is 17.0 Å². The molecule has 12 heteroatoms. The van der Waals surface area contributed by atoms with E-state index in [-0.39, 0.29) is 22.4 Å². The smallest absolute Gasteiger partial charge is 0.324 e. The molecule has 12 nitrogen and oxygen atoms in total. The molecule has 0 spiro atoms. The highest BCUT2D eigenvalue weighted by Gasteiger charge is 2.26. The van der Waals surface area contributed by atoms with Crippen LogP contribution in [-0.2, 0) is 0 Å². The summed E-state index contributed by atoms with van der Waals surface area (Å²) in [5.74, 6) is 0.431. The molecule has 5 aromatic rings. The summed E-state index contributed by atoms with van der Waals surface area (Å²) < 4.78 is 9.55. The number of nitrogens with zero attached hydrogens (tertiary/aromatic N) is 6. The first-order valence-corrected chi connectivity index (χ1v) is 8.31. The van der Waals surface area contributed by atoms with Crippen LogP contribution in [0.25, 0.3) is 22.1 Å². The Morgan fingerprint density at radius 1 is 0.828 bits per heavy atom. The largest absolute Gasteiger partial charge is 0.352 e. The predicted octanol–water partition coefficient (Wildman–Crippen LogP) is 3.55. The molecule has 0 aliphatic rings. The fraction of sp³-hybridized carbons (Fsp3) is 0. The Bertz CT molecular complexity index is 1350. The van der Waals surface area contributed by atoms with Gasteiger partial charge in [0.15, 0.2) is 11.0 Å². The highest BCUT2D eigenvalue weighted by molar-refractivity contribution is 6.02. The zero-order valence-corrected chi connectivity index (χ0v) is 14.4. The number of rotatable bonds is 5. The minimum Gasteiger partial charge on any atom is -0.352 e. The molecule has 0 fully saturated rings. The van der Waals surface area contributed by atoms with Gasteiger partial charge in [0.2, 0.25) is 5.52 Å². The van der Waals surface area contributed by atoms with Gasteiger partial charge in [-0.2, -0.15) is 0 Å². The minimum absolute atomic E-state index is 0.0103. The number of hydrogen-bond acceptors (Lipinski definition) is 11. The molecule has 3 heterocycles.